The number of aromatic nitrogens is 3. The molecule has 3 aromatic rings. The van der Waals surface area contributed by atoms with Crippen molar-refractivity contribution in [2.45, 2.75) is 6.92 Å². The molecule has 0 unspecified atom stereocenters. The maximum absolute atomic E-state index is 5.44. The third kappa shape index (κ3) is 3.66. The minimum absolute atomic E-state index is 0.442. The smallest absolute Gasteiger partial charge is 0.216 e. The Balaban J connectivity index is 1.82. The molecule has 0 aliphatic rings. The molecule has 8 heteroatoms. The number of hydrogen-bond donors (Lipinski definition) is 2. The molecule has 2 heterocycles. The highest BCUT2D eigenvalue weighted by atomic mass is 32.1. The van der Waals surface area contributed by atoms with Crippen LogP contribution in [0.25, 0.3) is 11.4 Å². The van der Waals surface area contributed by atoms with Crippen LogP contribution >= 0.6 is 23.6 Å². The van der Waals surface area contributed by atoms with E-state index in [2.05, 4.69) is 20.8 Å². The van der Waals surface area contributed by atoms with E-state index in [9.17, 15) is 0 Å². The van der Waals surface area contributed by atoms with Crippen molar-refractivity contribution in [1.82, 2.24) is 14.9 Å². The summed E-state index contributed by atoms with van der Waals surface area (Å²) in [5, 5.41) is 13.2. The van der Waals surface area contributed by atoms with Gasteiger partial charge in [-0.25, -0.2) is 10.6 Å². The first-order valence-electron chi connectivity index (χ1n) is 7.01. The summed E-state index contributed by atoms with van der Waals surface area (Å²) in [6.07, 6.45) is 1.74. The Morgan fingerprint density at radius 1 is 1.39 bits per heavy atom. The van der Waals surface area contributed by atoms with Crippen molar-refractivity contribution < 1.29 is 4.74 Å². The van der Waals surface area contributed by atoms with Gasteiger partial charge in [0, 0.05) is 10.4 Å². The molecule has 23 heavy (non-hydrogen) atoms. The molecule has 0 spiro atoms. The van der Waals surface area contributed by atoms with Crippen molar-refractivity contribution in [3.05, 3.63) is 51.4 Å². The third-order valence-corrected chi connectivity index (χ3v) is 4.07. The van der Waals surface area contributed by atoms with Gasteiger partial charge in [-0.15, -0.1) is 11.3 Å². The van der Waals surface area contributed by atoms with Crippen LogP contribution in [0.3, 0.4) is 0 Å². The van der Waals surface area contributed by atoms with E-state index in [1.807, 2.05) is 48.7 Å². The van der Waals surface area contributed by atoms with Crippen LogP contribution in [0.5, 0.6) is 5.75 Å². The highest BCUT2D eigenvalue weighted by Gasteiger charge is 2.08. The number of thiophene rings is 1. The van der Waals surface area contributed by atoms with Gasteiger partial charge in [0.05, 0.1) is 12.8 Å². The van der Waals surface area contributed by atoms with Crippen molar-refractivity contribution in [2.24, 2.45) is 5.10 Å². The molecule has 6 nitrogen and oxygen atoms in total. The molecular formula is C15H15N5OS2. The van der Waals surface area contributed by atoms with E-state index in [1.165, 1.54) is 0 Å². The minimum atomic E-state index is 0.442. The molecular weight excluding hydrogens is 330 g/mol. The minimum Gasteiger partial charge on any atom is -0.494 e. The van der Waals surface area contributed by atoms with Gasteiger partial charge in [-0.05, 0) is 54.9 Å². The molecule has 0 atom stereocenters. The largest absolute Gasteiger partial charge is 0.494 e. The number of rotatable bonds is 6. The zero-order valence-electron chi connectivity index (χ0n) is 12.4. The van der Waals surface area contributed by atoms with Crippen molar-refractivity contribution in [1.29, 1.82) is 0 Å². The van der Waals surface area contributed by atoms with Crippen molar-refractivity contribution in [3.63, 3.8) is 0 Å². The van der Waals surface area contributed by atoms with E-state index in [0.29, 0.717) is 17.2 Å². The van der Waals surface area contributed by atoms with Gasteiger partial charge in [0.15, 0.2) is 5.82 Å². The number of H-pyrrole nitrogens is 1. The van der Waals surface area contributed by atoms with E-state index in [0.717, 1.165) is 16.2 Å². The van der Waals surface area contributed by atoms with E-state index >= 15 is 0 Å². The van der Waals surface area contributed by atoms with Crippen molar-refractivity contribution in [3.8, 4) is 17.1 Å². The van der Waals surface area contributed by atoms with Gasteiger partial charge in [-0.1, -0.05) is 6.07 Å². The summed E-state index contributed by atoms with van der Waals surface area (Å²) in [5.74, 6) is 1.47. The van der Waals surface area contributed by atoms with Crippen LogP contribution < -0.4 is 10.3 Å². The average Bonchev–Trinajstić information content (AvgIpc) is 3.20. The lowest BCUT2D eigenvalue weighted by Gasteiger charge is -2.06. The molecule has 0 aliphatic heterocycles. The summed E-state index contributed by atoms with van der Waals surface area (Å²) in [4.78, 5) is 1.05. The lowest BCUT2D eigenvalue weighted by atomic mass is 10.2. The number of benzene rings is 1. The van der Waals surface area contributed by atoms with Gasteiger partial charge in [-0.3, -0.25) is 0 Å². The first kappa shape index (κ1) is 15.4. The fourth-order valence-electron chi connectivity index (χ4n) is 1.97. The lowest BCUT2D eigenvalue weighted by molar-refractivity contribution is 0.340. The number of nitrogens with one attached hydrogen (secondary N) is 2. The summed E-state index contributed by atoms with van der Waals surface area (Å²) in [6.45, 7) is 2.59. The summed E-state index contributed by atoms with van der Waals surface area (Å²) in [7, 11) is 0. The van der Waals surface area contributed by atoms with Gasteiger partial charge in [0.25, 0.3) is 0 Å². The molecule has 1 aromatic carbocycles. The molecule has 0 aliphatic carbocycles. The van der Waals surface area contributed by atoms with Crippen molar-refractivity contribution in [2.75, 3.05) is 12.1 Å². The SMILES string of the molecule is CCOc1ccc(-c2n[nH]c(=S)n2N/N=C/c2cccs2)cc1. The molecule has 0 bridgehead atoms. The number of ether oxygens (including phenoxy) is 1. The predicted molar refractivity (Wildman–Crippen MR) is 95.3 cm³/mol. The third-order valence-electron chi connectivity index (χ3n) is 2.99. The number of aromatic amines is 1. The normalized spacial score (nSPS) is 11.0. The summed E-state index contributed by atoms with van der Waals surface area (Å²) >= 11 is 6.85. The Bertz CT molecular complexity index is 834. The Labute approximate surface area is 142 Å². The Morgan fingerprint density at radius 3 is 2.91 bits per heavy atom. The second-order valence-corrected chi connectivity index (χ2v) is 5.88. The second-order valence-electron chi connectivity index (χ2n) is 4.52. The standard InChI is InChI=1S/C15H15N5OS2/c1-2-21-12-7-5-11(6-8-12)14-17-18-15(22)20(14)19-16-10-13-4-3-9-23-13/h3-10,19H,2H2,1H3,(H,18,22)/b16-10+. The maximum atomic E-state index is 5.44. The first-order chi connectivity index (χ1) is 11.3. The fourth-order valence-corrected chi connectivity index (χ4v) is 2.72. The molecule has 0 fully saturated rings. The van der Waals surface area contributed by atoms with Crippen LogP contribution in [-0.4, -0.2) is 27.7 Å². The molecule has 2 N–H and O–H groups in total. The number of nitrogens with zero attached hydrogens (tertiary/aromatic N) is 3. The topological polar surface area (TPSA) is 67.2 Å². The summed E-state index contributed by atoms with van der Waals surface area (Å²) in [5.41, 5.74) is 3.80. The maximum Gasteiger partial charge on any atom is 0.216 e. The van der Waals surface area contributed by atoms with E-state index in [1.54, 1.807) is 22.2 Å². The summed E-state index contributed by atoms with van der Waals surface area (Å²) in [6, 6.07) is 11.6. The van der Waals surface area contributed by atoms with Crippen LogP contribution in [0.4, 0.5) is 0 Å². The average molecular weight is 345 g/mol. The molecule has 0 radical (unpaired) electrons. The first-order valence-corrected chi connectivity index (χ1v) is 8.30. The van der Waals surface area contributed by atoms with Crippen LogP contribution in [0.1, 0.15) is 11.8 Å². The van der Waals surface area contributed by atoms with Crippen molar-refractivity contribution >= 4 is 29.8 Å². The van der Waals surface area contributed by atoms with Gasteiger partial charge in [0.2, 0.25) is 4.77 Å². The monoisotopic (exact) mass is 345 g/mol. The highest BCUT2D eigenvalue weighted by Crippen LogP contribution is 2.20. The molecule has 0 saturated heterocycles. The van der Waals surface area contributed by atoms with Gasteiger partial charge in [-0.2, -0.15) is 14.9 Å². The molecule has 2 aromatic heterocycles. The van der Waals surface area contributed by atoms with Crippen LogP contribution in [0.15, 0.2) is 46.9 Å². The van der Waals surface area contributed by atoms with Gasteiger partial charge in [0.1, 0.15) is 5.75 Å². The van der Waals surface area contributed by atoms with E-state index in [4.69, 9.17) is 17.0 Å². The molecule has 0 amide bonds. The Hall–Kier alpha value is -2.45. The Kier molecular flexibility index (Phi) is 4.84. The van der Waals surface area contributed by atoms with E-state index < -0.39 is 0 Å². The van der Waals surface area contributed by atoms with Gasteiger partial charge >= 0.3 is 0 Å². The highest BCUT2D eigenvalue weighted by molar-refractivity contribution is 7.71. The molecule has 118 valence electrons. The zero-order valence-corrected chi connectivity index (χ0v) is 14.0. The van der Waals surface area contributed by atoms with Gasteiger partial charge < -0.3 is 4.74 Å². The number of hydrazone groups is 1. The molecule has 3 rings (SSSR count). The Morgan fingerprint density at radius 2 is 2.22 bits per heavy atom. The zero-order chi connectivity index (χ0) is 16.1. The van der Waals surface area contributed by atoms with Crippen LogP contribution in [0, 0.1) is 4.77 Å². The second kappa shape index (κ2) is 7.21. The molecule has 0 saturated carbocycles. The summed E-state index contributed by atoms with van der Waals surface area (Å²) < 4.78 is 7.51. The quantitative estimate of drug-likeness (QED) is 0.407. The van der Waals surface area contributed by atoms with E-state index in [-0.39, 0.29) is 0 Å². The number of hydrogen-bond acceptors (Lipinski definition) is 6. The lowest BCUT2D eigenvalue weighted by Crippen LogP contribution is -2.10. The van der Waals surface area contributed by atoms with Crippen LogP contribution in [-0.2, 0) is 0 Å². The predicted octanol–water partition coefficient (Wildman–Crippen LogP) is 3.65. The fraction of sp³-hybridized carbons (Fsp3) is 0.133. The van der Waals surface area contributed by atoms with Crippen LogP contribution in [0.2, 0.25) is 0 Å².